The lowest BCUT2D eigenvalue weighted by Gasteiger charge is -2.31. The predicted octanol–water partition coefficient (Wildman–Crippen LogP) is 2.64. The lowest BCUT2D eigenvalue weighted by atomic mass is 9.97. The molecule has 2 heterocycles. The third-order valence-corrected chi connectivity index (χ3v) is 4.50. The summed E-state index contributed by atoms with van der Waals surface area (Å²) in [5.41, 5.74) is 1.18. The number of hydrogen-bond donors (Lipinski definition) is 1. The molecule has 0 saturated carbocycles. The molecule has 6 heteroatoms. The summed E-state index contributed by atoms with van der Waals surface area (Å²) in [4.78, 5) is 26.4. The summed E-state index contributed by atoms with van der Waals surface area (Å²) in [6.45, 7) is 3.95. The molecule has 1 saturated heterocycles. The van der Waals surface area contributed by atoms with Gasteiger partial charge in [-0.25, -0.2) is 0 Å². The van der Waals surface area contributed by atoms with Crippen LogP contribution in [0.5, 0.6) is 5.75 Å². The molecule has 1 atom stereocenters. The number of carbonyl (C=O) groups is 2. The fraction of sp³-hybridized carbons (Fsp3) is 0.400. The zero-order valence-electron chi connectivity index (χ0n) is 14.9. The molecule has 0 unspecified atom stereocenters. The maximum atomic E-state index is 12.4. The van der Waals surface area contributed by atoms with Gasteiger partial charge in [-0.1, -0.05) is 17.7 Å². The SMILES string of the molecule is Cc1ccc(OCCNC(=O)[C@@H]2CCCN(C(=O)c3ccco3)C2)cc1. The van der Waals surface area contributed by atoms with E-state index in [1.807, 2.05) is 31.2 Å². The van der Waals surface area contributed by atoms with Crippen molar-refractivity contribution in [2.75, 3.05) is 26.2 Å². The first-order valence-electron chi connectivity index (χ1n) is 8.93. The summed E-state index contributed by atoms with van der Waals surface area (Å²) in [5, 5.41) is 2.90. The Kier molecular flexibility index (Phi) is 5.94. The second-order valence-electron chi connectivity index (χ2n) is 6.52. The van der Waals surface area contributed by atoms with Crippen molar-refractivity contribution in [1.29, 1.82) is 0 Å². The third kappa shape index (κ3) is 4.65. The number of amides is 2. The number of hydrogen-bond acceptors (Lipinski definition) is 4. The minimum atomic E-state index is -0.193. The minimum Gasteiger partial charge on any atom is -0.492 e. The van der Waals surface area contributed by atoms with E-state index in [1.54, 1.807) is 17.0 Å². The molecule has 1 aliphatic rings. The van der Waals surface area contributed by atoms with Crippen LogP contribution in [-0.2, 0) is 4.79 Å². The molecule has 138 valence electrons. The van der Waals surface area contributed by atoms with Crippen LogP contribution in [0.15, 0.2) is 47.1 Å². The van der Waals surface area contributed by atoms with Crippen molar-refractivity contribution in [2.24, 2.45) is 5.92 Å². The van der Waals surface area contributed by atoms with Crippen LogP contribution in [0, 0.1) is 12.8 Å². The molecular formula is C20H24N2O4. The molecule has 0 bridgehead atoms. The van der Waals surface area contributed by atoms with Gasteiger partial charge in [0.15, 0.2) is 5.76 Å². The zero-order valence-corrected chi connectivity index (χ0v) is 14.9. The molecule has 1 aliphatic heterocycles. The first kappa shape index (κ1) is 18.0. The van der Waals surface area contributed by atoms with Crippen LogP contribution in [-0.4, -0.2) is 43.0 Å². The topological polar surface area (TPSA) is 71.8 Å². The van der Waals surface area contributed by atoms with Crippen molar-refractivity contribution in [3.05, 3.63) is 54.0 Å². The number of furan rings is 1. The van der Waals surface area contributed by atoms with Gasteiger partial charge in [0.05, 0.1) is 18.7 Å². The number of piperidine rings is 1. The van der Waals surface area contributed by atoms with Crippen LogP contribution in [0.25, 0.3) is 0 Å². The van der Waals surface area contributed by atoms with Gasteiger partial charge in [-0.05, 0) is 44.0 Å². The van der Waals surface area contributed by atoms with Crippen molar-refractivity contribution >= 4 is 11.8 Å². The highest BCUT2D eigenvalue weighted by Crippen LogP contribution is 2.19. The van der Waals surface area contributed by atoms with Crippen molar-refractivity contribution in [2.45, 2.75) is 19.8 Å². The van der Waals surface area contributed by atoms with Gasteiger partial charge in [0, 0.05) is 13.1 Å². The smallest absolute Gasteiger partial charge is 0.289 e. The molecule has 2 amide bonds. The Morgan fingerprint density at radius 2 is 2.08 bits per heavy atom. The predicted molar refractivity (Wildman–Crippen MR) is 97.0 cm³/mol. The van der Waals surface area contributed by atoms with E-state index in [0.717, 1.165) is 18.6 Å². The molecule has 1 aromatic heterocycles. The van der Waals surface area contributed by atoms with E-state index in [0.29, 0.717) is 32.0 Å². The van der Waals surface area contributed by atoms with E-state index in [1.165, 1.54) is 11.8 Å². The summed E-state index contributed by atoms with van der Waals surface area (Å²) >= 11 is 0. The van der Waals surface area contributed by atoms with E-state index in [-0.39, 0.29) is 17.7 Å². The summed E-state index contributed by atoms with van der Waals surface area (Å²) < 4.78 is 10.8. The Morgan fingerprint density at radius 3 is 2.81 bits per heavy atom. The fourth-order valence-corrected chi connectivity index (χ4v) is 3.05. The van der Waals surface area contributed by atoms with Crippen LogP contribution in [0.3, 0.4) is 0 Å². The molecule has 1 aromatic carbocycles. The van der Waals surface area contributed by atoms with Crippen LogP contribution < -0.4 is 10.1 Å². The Hall–Kier alpha value is -2.76. The second kappa shape index (κ2) is 8.56. The molecule has 0 aliphatic carbocycles. The van der Waals surface area contributed by atoms with Gasteiger partial charge in [-0.2, -0.15) is 0 Å². The van der Waals surface area contributed by atoms with Gasteiger partial charge in [-0.3, -0.25) is 9.59 Å². The number of rotatable bonds is 6. The van der Waals surface area contributed by atoms with Gasteiger partial charge in [0.1, 0.15) is 12.4 Å². The average Bonchev–Trinajstić information content (AvgIpc) is 3.21. The van der Waals surface area contributed by atoms with Gasteiger partial charge >= 0.3 is 0 Å². The minimum absolute atomic E-state index is 0.0329. The lowest BCUT2D eigenvalue weighted by molar-refractivity contribution is -0.126. The number of nitrogens with zero attached hydrogens (tertiary/aromatic N) is 1. The van der Waals surface area contributed by atoms with Crippen LogP contribution in [0.1, 0.15) is 29.0 Å². The maximum Gasteiger partial charge on any atom is 0.289 e. The van der Waals surface area contributed by atoms with Crippen molar-refractivity contribution in [3.63, 3.8) is 0 Å². The Balaban J connectivity index is 1.42. The van der Waals surface area contributed by atoms with Crippen molar-refractivity contribution < 1.29 is 18.7 Å². The first-order chi connectivity index (χ1) is 12.6. The van der Waals surface area contributed by atoms with E-state index < -0.39 is 0 Å². The van der Waals surface area contributed by atoms with Crippen molar-refractivity contribution in [3.8, 4) is 5.75 Å². The highest BCUT2D eigenvalue weighted by molar-refractivity contribution is 5.92. The fourth-order valence-electron chi connectivity index (χ4n) is 3.05. The van der Waals surface area contributed by atoms with Gasteiger partial charge in [0.2, 0.25) is 5.91 Å². The van der Waals surface area contributed by atoms with E-state index in [4.69, 9.17) is 9.15 Å². The maximum absolute atomic E-state index is 12.4. The van der Waals surface area contributed by atoms with Gasteiger partial charge < -0.3 is 19.4 Å². The molecule has 1 N–H and O–H groups in total. The highest BCUT2D eigenvalue weighted by Gasteiger charge is 2.29. The number of ether oxygens (including phenoxy) is 1. The number of benzene rings is 1. The number of carbonyl (C=O) groups excluding carboxylic acids is 2. The van der Waals surface area contributed by atoms with Crippen LogP contribution in [0.4, 0.5) is 0 Å². The molecule has 3 rings (SSSR count). The second-order valence-corrected chi connectivity index (χ2v) is 6.52. The monoisotopic (exact) mass is 356 g/mol. The van der Waals surface area contributed by atoms with Crippen molar-refractivity contribution in [1.82, 2.24) is 10.2 Å². The molecule has 0 spiro atoms. The van der Waals surface area contributed by atoms with E-state index >= 15 is 0 Å². The largest absolute Gasteiger partial charge is 0.492 e. The Bertz CT molecular complexity index is 725. The van der Waals surface area contributed by atoms with E-state index in [9.17, 15) is 9.59 Å². The third-order valence-electron chi connectivity index (χ3n) is 4.50. The zero-order chi connectivity index (χ0) is 18.4. The average molecular weight is 356 g/mol. The first-order valence-corrected chi connectivity index (χ1v) is 8.93. The van der Waals surface area contributed by atoms with E-state index in [2.05, 4.69) is 5.32 Å². The highest BCUT2D eigenvalue weighted by atomic mass is 16.5. The van der Waals surface area contributed by atoms with Crippen LogP contribution >= 0.6 is 0 Å². The summed E-state index contributed by atoms with van der Waals surface area (Å²) in [5.74, 6) is 0.724. The summed E-state index contributed by atoms with van der Waals surface area (Å²) in [6, 6.07) is 11.1. The number of aryl methyl sites for hydroxylation is 1. The van der Waals surface area contributed by atoms with Gasteiger partial charge in [-0.15, -0.1) is 0 Å². The molecule has 2 aromatic rings. The number of likely N-dealkylation sites (tertiary alicyclic amines) is 1. The molecule has 0 radical (unpaired) electrons. The molecular weight excluding hydrogens is 332 g/mol. The van der Waals surface area contributed by atoms with Gasteiger partial charge in [0.25, 0.3) is 5.91 Å². The summed E-state index contributed by atoms with van der Waals surface area (Å²) in [6.07, 6.45) is 3.08. The Labute approximate surface area is 153 Å². The molecule has 26 heavy (non-hydrogen) atoms. The lowest BCUT2D eigenvalue weighted by Crippen LogP contribution is -2.46. The number of nitrogens with one attached hydrogen (secondary N) is 1. The Morgan fingerprint density at radius 1 is 1.27 bits per heavy atom. The van der Waals surface area contributed by atoms with Crippen LogP contribution in [0.2, 0.25) is 0 Å². The summed E-state index contributed by atoms with van der Waals surface area (Å²) in [7, 11) is 0. The normalized spacial score (nSPS) is 17.0. The molecule has 6 nitrogen and oxygen atoms in total. The standard InChI is InChI=1S/C20H24N2O4/c1-15-6-8-17(9-7-15)25-13-10-21-19(23)16-4-2-11-22(14-16)20(24)18-5-3-12-26-18/h3,5-9,12,16H,2,4,10-11,13-14H2,1H3,(H,21,23)/t16-/m1/s1. The molecule has 1 fully saturated rings. The quantitative estimate of drug-likeness (QED) is 0.808.